The molecule has 0 saturated carbocycles. The Bertz CT molecular complexity index is 508. The van der Waals surface area contributed by atoms with E-state index in [1.807, 2.05) is 0 Å². The van der Waals surface area contributed by atoms with Crippen molar-refractivity contribution in [3.63, 3.8) is 0 Å². The highest BCUT2D eigenvalue weighted by Gasteiger charge is 2.18. The van der Waals surface area contributed by atoms with E-state index in [0.717, 1.165) is 0 Å². The van der Waals surface area contributed by atoms with Crippen LogP contribution in [-0.4, -0.2) is 29.5 Å². The highest BCUT2D eigenvalue weighted by atomic mass is 16.6. The third-order valence-corrected chi connectivity index (χ3v) is 2.03. The van der Waals surface area contributed by atoms with E-state index < -0.39 is 10.9 Å². The van der Waals surface area contributed by atoms with Crippen LogP contribution in [0.25, 0.3) is 0 Å². The van der Waals surface area contributed by atoms with Crippen molar-refractivity contribution < 1.29 is 14.5 Å². The first kappa shape index (κ1) is 13.4. The van der Waals surface area contributed by atoms with Gasteiger partial charge in [0.05, 0.1) is 12.0 Å². The number of anilines is 1. The fourth-order valence-corrected chi connectivity index (χ4v) is 1.20. The Morgan fingerprint density at radius 1 is 1.67 bits per heavy atom. The minimum atomic E-state index is -0.662. The van der Waals surface area contributed by atoms with Crippen LogP contribution in [-0.2, 0) is 4.74 Å². The molecule has 1 aromatic heterocycles. The number of hydrogen-bond donors (Lipinski definition) is 1. The number of nitrogens with one attached hydrogen (secondary N) is 1. The van der Waals surface area contributed by atoms with E-state index in [9.17, 15) is 14.9 Å². The van der Waals surface area contributed by atoms with E-state index in [1.54, 1.807) is 0 Å². The number of nitro groups is 1. The van der Waals surface area contributed by atoms with Gasteiger partial charge in [0.2, 0.25) is 5.82 Å². The molecule has 94 valence electrons. The lowest BCUT2D eigenvalue weighted by molar-refractivity contribution is -0.384. The van der Waals surface area contributed by atoms with Gasteiger partial charge in [-0.05, 0) is 6.07 Å². The SMILES string of the molecule is C#CCCNc1nc(C(=O)OC)ccc1[N+](=O)[O-]. The number of esters is 1. The Morgan fingerprint density at radius 3 is 2.94 bits per heavy atom. The zero-order valence-corrected chi connectivity index (χ0v) is 9.67. The van der Waals surface area contributed by atoms with Gasteiger partial charge >= 0.3 is 11.7 Å². The highest BCUT2D eigenvalue weighted by Crippen LogP contribution is 2.22. The lowest BCUT2D eigenvalue weighted by Crippen LogP contribution is -2.10. The normalized spacial score (nSPS) is 9.33. The van der Waals surface area contributed by atoms with Gasteiger partial charge < -0.3 is 10.1 Å². The van der Waals surface area contributed by atoms with Crippen LogP contribution in [0.1, 0.15) is 16.9 Å². The maximum atomic E-state index is 11.3. The van der Waals surface area contributed by atoms with Crippen molar-refractivity contribution >= 4 is 17.5 Å². The van der Waals surface area contributed by atoms with Crippen molar-refractivity contribution in [1.82, 2.24) is 4.98 Å². The molecule has 0 spiro atoms. The average Bonchev–Trinajstić information content (AvgIpc) is 2.37. The van der Waals surface area contributed by atoms with Crippen molar-refractivity contribution in [3.8, 4) is 12.3 Å². The number of pyridine rings is 1. The third kappa shape index (κ3) is 3.18. The van der Waals surface area contributed by atoms with Gasteiger partial charge in [-0.15, -0.1) is 12.3 Å². The molecule has 0 aliphatic carbocycles. The quantitative estimate of drug-likeness (QED) is 0.277. The monoisotopic (exact) mass is 249 g/mol. The van der Waals surface area contributed by atoms with E-state index in [0.29, 0.717) is 13.0 Å². The molecule has 0 radical (unpaired) electrons. The Kier molecular flexibility index (Phi) is 4.63. The van der Waals surface area contributed by atoms with Crippen LogP contribution < -0.4 is 5.32 Å². The smallest absolute Gasteiger partial charge is 0.356 e. The Balaban J connectivity index is 3.04. The number of rotatable bonds is 5. The molecule has 0 aromatic carbocycles. The van der Waals surface area contributed by atoms with Crippen LogP contribution in [0.4, 0.5) is 11.5 Å². The van der Waals surface area contributed by atoms with E-state index in [-0.39, 0.29) is 17.2 Å². The molecule has 1 N–H and O–H groups in total. The second kappa shape index (κ2) is 6.20. The Labute approximate surface area is 103 Å². The Hall–Kier alpha value is -2.62. The molecule has 0 unspecified atom stereocenters. The van der Waals surface area contributed by atoms with Crippen LogP contribution in [0.2, 0.25) is 0 Å². The average molecular weight is 249 g/mol. The molecule has 7 nitrogen and oxygen atoms in total. The number of terminal acetylenes is 1. The summed E-state index contributed by atoms with van der Waals surface area (Å²) in [5.41, 5.74) is -0.231. The van der Waals surface area contributed by atoms with Crippen molar-refractivity contribution in [1.29, 1.82) is 0 Å². The minimum absolute atomic E-state index is 0.00171. The molecular formula is C11H11N3O4. The van der Waals surface area contributed by atoms with Crippen LogP contribution in [0.5, 0.6) is 0 Å². The molecule has 0 saturated heterocycles. The molecular weight excluding hydrogens is 238 g/mol. The number of carbonyl (C=O) groups is 1. The van der Waals surface area contributed by atoms with Crippen LogP contribution in [0.15, 0.2) is 12.1 Å². The third-order valence-electron chi connectivity index (χ3n) is 2.03. The molecule has 1 aromatic rings. The fraction of sp³-hybridized carbons (Fsp3) is 0.273. The van der Waals surface area contributed by atoms with Crippen molar-refractivity contribution in [3.05, 3.63) is 27.9 Å². The first-order valence-electron chi connectivity index (χ1n) is 5.01. The first-order chi connectivity index (χ1) is 8.60. The summed E-state index contributed by atoms with van der Waals surface area (Å²) >= 11 is 0. The maximum absolute atomic E-state index is 11.3. The van der Waals surface area contributed by atoms with Gasteiger partial charge in [0.25, 0.3) is 0 Å². The van der Waals surface area contributed by atoms with Crippen LogP contribution >= 0.6 is 0 Å². The summed E-state index contributed by atoms with van der Waals surface area (Å²) in [6, 6.07) is 2.42. The number of ether oxygens (including phenoxy) is 1. The van der Waals surface area contributed by atoms with Gasteiger partial charge in [0.15, 0.2) is 5.69 Å². The predicted molar refractivity (Wildman–Crippen MR) is 64.2 cm³/mol. The zero-order chi connectivity index (χ0) is 13.5. The highest BCUT2D eigenvalue weighted by molar-refractivity contribution is 5.88. The molecule has 18 heavy (non-hydrogen) atoms. The van der Waals surface area contributed by atoms with Crippen LogP contribution in [0, 0.1) is 22.5 Å². The molecule has 0 fully saturated rings. The zero-order valence-electron chi connectivity index (χ0n) is 9.67. The summed E-state index contributed by atoms with van der Waals surface area (Å²) in [6.45, 7) is 0.328. The van der Waals surface area contributed by atoms with E-state index >= 15 is 0 Å². The van der Waals surface area contributed by atoms with E-state index in [2.05, 4.69) is 21.0 Å². The van der Waals surface area contributed by atoms with Gasteiger partial charge in [-0.3, -0.25) is 10.1 Å². The molecule has 7 heteroatoms. The number of carbonyl (C=O) groups excluding carboxylic acids is 1. The van der Waals surface area contributed by atoms with E-state index in [4.69, 9.17) is 6.42 Å². The topological polar surface area (TPSA) is 94.4 Å². The Morgan fingerprint density at radius 2 is 2.39 bits per heavy atom. The predicted octanol–water partition coefficient (Wildman–Crippen LogP) is 1.21. The molecule has 0 aliphatic rings. The molecule has 1 heterocycles. The number of methoxy groups -OCH3 is 1. The summed E-state index contributed by atoms with van der Waals surface area (Å²) in [6.07, 6.45) is 5.46. The lowest BCUT2D eigenvalue weighted by atomic mass is 10.3. The maximum Gasteiger partial charge on any atom is 0.356 e. The summed E-state index contributed by atoms with van der Waals surface area (Å²) in [7, 11) is 1.21. The number of aromatic nitrogens is 1. The first-order valence-corrected chi connectivity index (χ1v) is 5.01. The van der Waals surface area contributed by atoms with Gasteiger partial charge in [0, 0.05) is 19.0 Å². The summed E-state index contributed by atoms with van der Waals surface area (Å²) in [5, 5.41) is 13.5. The second-order valence-electron chi connectivity index (χ2n) is 3.19. The molecule has 0 atom stereocenters. The summed E-state index contributed by atoms with van der Waals surface area (Å²) < 4.78 is 4.49. The second-order valence-corrected chi connectivity index (χ2v) is 3.19. The van der Waals surface area contributed by atoms with Gasteiger partial charge in [0.1, 0.15) is 0 Å². The standard InChI is InChI=1S/C11H11N3O4/c1-3-4-7-12-10-9(14(16)17)6-5-8(13-10)11(15)18-2/h1,5-6H,4,7H2,2H3,(H,12,13). The van der Waals surface area contributed by atoms with Gasteiger partial charge in [-0.2, -0.15) is 0 Å². The largest absolute Gasteiger partial charge is 0.464 e. The molecule has 0 bridgehead atoms. The summed E-state index contributed by atoms with van der Waals surface area (Å²) in [4.78, 5) is 25.3. The van der Waals surface area contributed by atoms with Crippen molar-refractivity contribution in [2.45, 2.75) is 6.42 Å². The van der Waals surface area contributed by atoms with E-state index in [1.165, 1.54) is 19.2 Å². The molecule has 0 amide bonds. The van der Waals surface area contributed by atoms with Gasteiger partial charge in [-0.1, -0.05) is 0 Å². The van der Waals surface area contributed by atoms with Crippen molar-refractivity contribution in [2.75, 3.05) is 19.0 Å². The molecule has 0 aliphatic heterocycles. The van der Waals surface area contributed by atoms with Crippen molar-refractivity contribution in [2.24, 2.45) is 0 Å². The summed E-state index contributed by atoms with van der Waals surface area (Å²) in [5.74, 6) is 1.72. The van der Waals surface area contributed by atoms with Crippen LogP contribution in [0.3, 0.4) is 0 Å². The lowest BCUT2D eigenvalue weighted by Gasteiger charge is -2.06. The van der Waals surface area contributed by atoms with Gasteiger partial charge in [-0.25, -0.2) is 9.78 Å². The number of nitrogens with zero attached hydrogens (tertiary/aromatic N) is 2. The fourth-order valence-electron chi connectivity index (χ4n) is 1.20. The minimum Gasteiger partial charge on any atom is -0.464 e. The number of hydrogen-bond acceptors (Lipinski definition) is 6. The molecule has 1 rings (SSSR count).